The average Bonchev–Trinajstić information content (AvgIpc) is 2.09. The first kappa shape index (κ1) is 16.1. The highest BCUT2D eigenvalue weighted by Gasteiger charge is 2.09. The lowest BCUT2D eigenvalue weighted by molar-refractivity contribution is 0.364. The van der Waals surface area contributed by atoms with E-state index in [-0.39, 0.29) is 5.41 Å². The van der Waals surface area contributed by atoms with Crippen LogP contribution >= 0.6 is 0 Å². The molecule has 0 heterocycles. The maximum Gasteiger partial charge on any atom is 0.0763 e. The summed E-state index contributed by atoms with van der Waals surface area (Å²) in [6, 6.07) is 0. The molecule has 0 aromatic carbocycles. The molecule has 0 atom stereocenters. The van der Waals surface area contributed by atoms with E-state index in [9.17, 15) is 0 Å². The number of nitrogens with one attached hydrogen (secondary N) is 1. The van der Waals surface area contributed by atoms with Crippen LogP contribution in [0.5, 0.6) is 0 Å². The summed E-state index contributed by atoms with van der Waals surface area (Å²) in [6.45, 7) is 17.9. The first-order valence-electron chi connectivity index (χ1n) is 6.52. The molecule has 98 valence electrons. The second kappa shape index (κ2) is 6.74. The summed E-state index contributed by atoms with van der Waals surface area (Å²) in [7, 11) is 0. The van der Waals surface area contributed by atoms with Crippen molar-refractivity contribution in [1.29, 1.82) is 0 Å². The van der Waals surface area contributed by atoms with E-state index < -0.39 is 0 Å². The molecule has 0 radical (unpaired) electrons. The molecule has 0 spiro atoms. The third-order valence-electron chi connectivity index (χ3n) is 2.30. The van der Waals surface area contributed by atoms with Crippen LogP contribution in [0.15, 0.2) is 12.3 Å². The molecule has 17 heavy (non-hydrogen) atoms. The van der Waals surface area contributed by atoms with Crippen LogP contribution in [-0.2, 0) is 0 Å². The third kappa shape index (κ3) is 13.0. The smallest absolute Gasteiger partial charge is 0.0763 e. The summed E-state index contributed by atoms with van der Waals surface area (Å²) in [5.74, 6) is 6.34. The van der Waals surface area contributed by atoms with Crippen molar-refractivity contribution in [3.8, 4) is 11.8 Å². The average molecular weight is 235 g/mol. The molecular weight excluding hydrogens is 206 g/mol. The van der Waals surface area contributed by atoms with Crippen LogP contribution in [0.4, 0.5) is 0 Å². The molecule has 0 saturated heterocycles. The molecule has 0 unspecified atom stereocenters. The number of hydrogen-bond donors (Lipinski definition) is 1. The minimum Gasteiger partial charge on any atom is -0.378 e. The molecule has 0 aliphatic carbocycles. The van der Waals surface area contributed by atoms with Crippen molar-refractivity contribution in [3.05, 3.63) is 12.3 Å². The quantitative estimate of drug-likeness (QED) is 0.698. The minimum atomic E-state index is 0.0925. The lowest BCUT2D eigenvalue weighted by Crippen LogP contribution is -2.14. The molecule has 1 heteroatoms. The molecular formula is C16H29N. The summed E-state index contributed by atoms with van der Waals surface area (Å²) < 4.78 is 0. The van der Waals surface area contributed by atoms with Gasteiger partial charge in [0.1, 0.15) is 0 Å². The molecule has 0 aliphatic rings. The van der Waals surface area contributed by atoms with E-state index in [1.807, 2.05) is 0 Å². The van der Waals surface area contributed by atoms with E-state index in [0.29, 0.717) is 12.0 Å². The van der Waals surface area contributed by atoms with E-state index in [0.717, 1.165) is 12.1 Å². The molecule has 0 saturated carbocycles. The van der Waals surface area contributed by atoms with Crippen LogP contribution in [0.1, 0.15) is 60.8 Å². The number of allylic oxidation sites excluding steroid dienone is 1. The van der Waals surface area contributed by atoms with Gasteiger partial charge in [-0.25, -0.2) is 0 Å². The maximum atomic E-state index is 4.03. The second-order valence-corrected chi connectivity index (χ2v) is 6.92. The summed E-state index contributed by atoms with van der Waals surface area (Å²) in [6.07, 6.45) is 3.48. The normalized spacial score (nSPS) is 11.6. The van der Waals surface area contributed by atoms with Gasteiger partial charge in [0.2, 0.25) is 0 Å². The van der Waals surface area contributed by atoms with Crippen LogP contribution in [0.25, 0.3) is 0 Å². The van der Waals surface area contributed by atoms with Gasteiger partial charge in [0.15, 0.2) is 0 Å². The molecule has 0 fully saturated rings. The lowest BCUT2D eigenvalue weighted by Gasteiger charge is -2.18. The van der Waals surface area contributed by atoms with Crippen molar-refractivity contribution >= 4 is 0 Å². The first-order valence-corrected chi connectivity index (χ1v) is 6.52. The van der Waals surface area contributed by atoms with Gasteiger partial charge in [-0.05, 0) is 45.4 Å². The van der Waals surface area contributed by atoms with Crippen molar-refractivity contribution in [2.24, 2.45) is 10.8 Å². The SMILES string of the molecule is C=C(CCCC(C)(C)C)NCC#CC(C)(C)C. The first-order chi connectivity index (χ1) is 7.60. The zero-order valence-corrected chi connectivity index (χ0v) is 12.5. The molecule has 1 N–H and O–H groups in total. The van der Waals surface area contributed by atoms with Crippen molar-refractivity contribution < 1.29 is 0 Å². The Bertz CT molecular complexity index is 288. The minimum absolute atomic E-state index is 0.0925. The predicted molar refractivity (Wildman–Crippen MR) is 77.7 cm³/mol. The molecule has 0 rings (SSSR count). The maximum absolute atomic E-state index is 4.03. The highest BCUT2D eigenvalue weighted by atomic mass is 14.9. The van der Waals surface area contributed by atoms with Crippen molar-refractivity contribution in [1.82, 2.24) is 5.32 Å². The largest absolute Gasteiger partial charge is 0.378 e. The fourth-order valence-electron chi connectivity index (χ4n) is 1.40. The van der Waals surface area contributed by atoms with Gasteiger partial charge in [-0.3, -0.25) is 0 Å². The molecule has 0 amide bonds. The van der Waals surface area contributed by atoms with Crippen molar-refractivity contribution in [3.63, 3.8) is 0 Å². The molecule has 0 aromatic heterocycles. The number of rotatable bonds is 5. The summed E-state index contributed by atoms with van der Waals surface area (Å²) in [4.78, 5) is 0. The van der Waals surface area contributed by atoms with Crippen LogP contribution in [0.2, 0.25) is 0 Å². The van der Waals surface area contributed by atoms with E-state index in [4.69, 9.17) is 0 Å². The highest BCUT2D eigenvalue weighted by Crippen LogP contribution is 2.22. The van der Waals surface area contributed by atoms with Crippen LogP contribution < -0.4 is 5.32 Å². The van der Waals surface area contributed by atoms with E-state index in [2.05, 4.69) is 65.3 Å². The zero-order chi connectivity index (χ0) is 13.5. The van der Waals surface area contributed by atoms with Gasteiger partial charge < -0.3 is 5.32 Å². The Morgan fingerprint density at radius 3 is 2.18 bits per heavy atom. The van der Waals surface area contributed by atoms with Gasteiger partial charge in [0.05, 0.1) is 6.54 Å². The molecule has 0 aliphatic heterocycles. The fraction of sp³-hybridized carbons (Fsp3) is 0.750. The molecule has 1 nitrogen and oxygen atoms in total. The molecule has 0 bridgehead atoms. The predicted octanol–water partition coefficient (Wildman–Crippen LogP) is 4.36. The van der Waals surface area contributed by atoms with Crippen LogP contribution in [-0.4, -0.2) is 6.54 Å². The zero-order valence-electron chi connectivity index (χ0n) is 12.5. The standard InChI is InChI=1S/C16H29N/c1-14(10-8-11-15(2,3)4)17-13-9-12-16(5,6)7/h17H,1,8,10-11,13H2,2-7H3. The second-order valence-electron chi connectivity index (χ2n) is 6.92. The van der Waals surface area contributed by atoms with E-state index in [1.165, 1.54) is 12.8 Å². The van der Waals surface area contributed by atoms with Gasteiger partial charge in [-0.1, -0.05) is 39.2 Å². The summed E-state index contributed by atoms with van der Waals surface area (Å²) in [5.41, 5.74) is 1.62. The Balaban J connectivity index is 3.71. The Kier molecular flexibility index (Phi) is 6.39. The van der Waals surface area contributed by atoms with Gasteiger partial charge >= 0.3 is 0 Å². The lowest BCUT2D eigenvalue weighted by atomic mass is 9.89. The number of hydrogen-bond acceptors (Lipinski definition) is 1. The Morgan fingerprint density at radius 2 is 1.71 bits per heavy atom. The van der Waals surface area contributed by atoms with Crippen molar-refractivity contribution in [2.75, 3.05) is 6.54 Å². The monoisotopic (exact) mass is 235 g/mol. The Hall–Kier alpha value is -0.900. The summed E-state index contributed by atoms with van der Waals surface area (Å²) in [5, 5.41) is 3.27. The van der Waals surface area contributed by atoms with E-state index in [1.54, 1.807) is 0 Å². The van der Waals surface area contributed by atoms with Gasteiger partial charge in [-0.15, -0.1) is 0 Å². The highest BCUT2D eigenvalue weighted by molar-refractivity contribution is 5.10. The topological polar surface area (TPSA) is 12.0 Å². The van der Waals surface area contributed by atoms with Crippen LogP contribution in [0.3, 0.4) is 0 Å². The Morgan fingerprint density at radius 1 is 1.12 bits per heavy atom. The van der Waals surface area contributed by atoms with Crippen LogP contribution in [0, 0.1) is 22.7 Å². The van der Waals surface area contributed by atoms with Gasteiger partial charge in [0.25, 0.3) is 0 Å². The molecule has 0 aromatic rings. The van der Waals surface area contributed by atoms with Gasteiger partial charge in [0, 0.05) is 11.1 Å². The summed E-state index contributed by atoms with van der Waals surface area (Å²) >= 11 is 0. The van der Waals surface area contributed by atoms with Gasteiger partial charge in [-0.2, -0.15) is 0 Å². The van der Waals surface area contributed by atoms with E-state index >= 15 is 0 Å². The fourth-order valence-corrected chi connectivity index (χ4v) is 1.40. The Labute approximate surface area is 108 Å². The third-order valence-corrected chi connectivity index (χ3v) is 2.30. The van der Waals surface area contributed by atoms with Crippen molar-refractivity contribution in [2.45, 2.75) is 60.8 Å².